The van der Waals surface area contributed by atoms with Gasteiger partial charge in [-0.3, -0.25) is 19.3 Å². The van der Waals surface area contributed by atoms with Gasteiger partial charge in [0.15, 0.2) is 0 Å². The summed E-state index contributed by atoms with van der Waals surface area (Å²) in [5.74, 6) is -0.223. The summed E-state index contributed by atoms with van der Waals surface area (Å²) in [6.45, 7) is 5.67. The van der Waals surface area contributed by atoms with Gasteiger partial charge in [-0.2, -0.15) is 5.26 Å². The molecule has 0 radical (unpaired) electrons. The van der Waals surface area contributed by atoms with E-state index in [-0.39, 0.29) is 18.0 Å². The molecule has 0 amide bonds. The third-order valence-corrected chi connectivity index (χ3v) is 4.61. The fraction of sp³-hybridized carbons (Fsp3) is 0.182. The summed E-state index contributed by atoms with van der Waals surface area (Å²) in [6, 6.07) is 11.4. The minimum absolute atomic E-state index is 0.0101. The molecular weight excluding hydrogens is 352 g/mol. The number of benzene rings is 1. The van der Waals surface area contributed by atoms with Crippen LogP contribution in [-0.4, -0.2) is 20.9 Å². The molecule has 6 nitrogen and oxygen atoms in total. The average Bonchev–Trinajstić information content (AvgIpc) is 2.69. The van der Waals surface area contributed by atoms with Crippen molar-refractivity contribution in [3.05, 3.63) is 86.5 Å². The quantitative estimate of drug-likeness (QED) is 0.709. The number of aliphatic imine (C=N–C) groups is 1. The maximum atomic E-state index is 12.7. The van der Waals surface area contributed by atoms with E-state index >= 15 is 0 Å². The van der Waals surface area contributed by atoms with Crippen molar-refractivity contribution < 1.29 is 5.11 Å². The van der Waals surface area contributed by atoms with Crippen LogP contribution < -0.4 is 5.56 Å². The molecule has 0 fully saturated rings. The molecule has 0 bridgehead atoms. The molecule has 3 aromatic rings. The van der Waals surface area contributed by atoms with Crippen molar-refractivity contribution in [2.45, 2.75) is 27.3 Å². The molecule has 0 aliphatic heterocycles. The van der Waals surface area contributed by atoms with Gasteiger partial charge in [0.1, 0.15) is 11.6 Å². The van der Waals surface area contributed by atoms with Crippen molar-refractivity contribution in [1.29, 1.82) is 5.26 Å². The Morgan fingerprint density at radius 3 is 2.75 bits per heavy atom. The highest BCUT2D eigenvalue weighted by Gasteiger charge is 2.18. The van der Waals surface area contributed by atoms with E-state index in [2.05, 4.69) is 9.98 Å². The third-order valence-electron chi connectivity index (χ3n) is 4.61. The van der Waals surface area contributed by atoms with Gasteiger partial charge in [0.2, 0.25) is 5.88 Å². The van der Waals surface area contributed by atoms with Crippen LogP contribution in [0.2, 0.25) is 0 Å². The molecule has 0 saturated carbocycles. The second kappa shape index (κ2) is 7.89. The second-order valence-electron chi connectivity index (χ2n) is 6.65. The lowest BCUT2D eigenvalue weighted by molar-refractivity contribution is 0.413. The van der Waals surface area contributed by atoms with E-state index < -0.39 is 5.56 Å². The van der Waals surface area contributed by atoms with E-state index in [4.69, 9.17) is 0 Å². The molecule has 0 unspecified atom stereocenters. The van der Waals surface area contributed by atoms with Crippen LogP contribution in [-0.2, 0) is 6.54 Å². The standard InChI is InChI=1S/C22H20N4O2/c1-14-6-7-15(2)20(9-14)25-12-19-16(3)18(10-23)21(27)26(22(19)28)13-17-5-4-8-24-11-17/h4-9,11-12,28H,13H2,1-3H3. The van der Waals surface area contributed by atoms with Gasteiger partial charge in [0.05, 0.1) is 17.8 Å². The molecule has 140 valence electrons. The normalized spacial score (nSPS) is 10.9. The molecule has 1 aromatic carbocycles. The first-order chi connectivity index (χ1) is 13.4. The molecule has 0 aliphatic carbocycles. The fourth-order valence-electron chi connectivity index (χ4n) is 2.94. The smallest absolute Gasteiger partial charge is 0.271 e. The van der Waals surface area contributed by atoms with Crippen molar-refractivity contribution in [1.82, 2.24) is 9.55 Å². The summed E-state index contributed by atoms with van der Waals surface area (Å²) in [6.07, 6.45) is 4.75. The molecule has 2 aromatic heterocycles. The number of aromatic nitrogens is 2. The molecule has 0 spiro atoms. The number of hydrogen-bond acceptors (Lipinski definition) is 5. The first kappa shape index (κ1) is 19.1. The van der Waals surface area contributed by atoms with Crippen LogP contribution in [0.4, 0.5) is 5.69 Å². The summed E-state index contributed by atoms with van der Waals surface area (Å²) in [5, 5.41) is 20.2. The molecule has 0 aliphatic rings. The van der Waals surface area contributed by atoms with Crippen LogP contribution in [0, 0.1) is 32.1 Å². The highest BCUT2D eigenvalue weighted by Crippen LogP contribution is 2.24. The van der Waals surface area contributed by atoms with Gasteiger partial charge in [0, 0.05) is 18.6 Å². The second-order valence-corrected chi connectivity index (χ2v) is 6.65. The molecule has 0 saturated heterocycles. The number of hydrogen-bond donors (Lipinski definition) is 1. The Morgan fingerprint density at radius 1 is 1.29 bits per heavy atom. The lowest BCUT2D eigenvalue weighted by Crippen LogP contribution is -2.26. The summed E-state index contributed by atoms with van der Waals surface area (Å²) in [5.41, 5.74) is 3.77. The number of aromatic hydroxyl groups is 1. The SMILES string of the molecule is Cc1ccc(C)c(N=Cc2c(C)c(C#N)c(=O)n(Cc3cccnc3)c2O)c1. The lowest BCUT2D eigenvalue weighted by Gasteiger charge is -2.14. The van der Waals surface area contributed by atoms with E-state index in [9.17, 15) is 15.2 Å². The molecule has 28 heavy (non-hydrogen) atoms. The summed E-state index contributed by atoms with van der Waals surface area (Å²) in [7, 11) is 0. The van der Waals surface area contributed by atoms with Gasteiger partial charge in [-0.05, 0) is 55.2 Å². The maximum Gasteiger partial charge on any atom is 0.271 e. The van der Waals surface area contributed by atoms with Gasteiger partial charge in [-0.1, -0.05) is 18.2 Å². The Kier molecular flexibility index (Phi) is 5.37. The Balaban J connectivity index is 2.14. The summed E-state index contributed by atoms with van der Waals surface area (Å²) >= 11 is 0. The van der Waals surface area contributed by atoms with Crippen molar-refractivity contribution in [3.8, 4) is 11.9 Å². The molecule has 1 N–H and O–H groups in total. The monoisotopic (exact) mass is 372 g/mol. The Bertz CT molecular complexity index is 1160. The first-order valence-electron chi connectivity index (χ1n) is 8.79. The van der Waals surface area contributed by atoms with Gasteiger partial charge in [0.25, 0.3) is 5.56 Å². The first-order valence-corrected chi connectivity index (χ1v) is 8.79. The van der Waals surface area contributed by atoms with Gasteiger partial charge >= 0.3 is 0 Å². The average molecular weight is 372 g/mol. The van der Waals surface area contributed by atoms with Crippen LogP contribution in [0.1, 0.15) is 33.4 Å². The van der Waals surface area contributed by atoms with Crippen LogP contribution >= 0.6 is 0 Å². The molecule has 2 heterocycles. The zero-order valence-corrected chi connectivity index (χ0v) is 16.0. The molecule has 6 heteroatoms. The van der Waals surface area contributed by atoms with Crippen LogP contribution in [0.5, 0.6) is 5.88 Å². The maximum absolute atomic E-state index is 12.7. The number of nitrogens with zero attached hydrogens (tertiary/aromatic N) is 4. The lowest BCUT2D eigenvalue weighted by atomic mass is 10.1. The largest absolute Gasteiger partial charge is 0.494 e. The van der Waals surface area contributed by atoms with E-state index in [0.29, 0.717) is 11.1 Å². The van der Waals surface area contributed by atoms with E-state index in [0.717, 1.165) is 22.4 Å². The number of rotatable bonds is 4. The Hall–Kier alpha value is -3.72. The highest BCUT2D eigenvalue weighted by molar-refractivity contribution is 5.87. The zero-order chi connectivity index (χ0) is 20.3. The van der Waals surface area contributed by atoms with Gasteiger partial charge in [-0.25, -0.2) is 0 Å². The summed E-state index contributed by atoms with van der Waals surface area (Å²) < 4.78 is 1.17. The molecule has 3 rings (SSSR count). The molecular formula is C22H20N4O2. The van der Waals surface area contributed by atoms with Gasteiger partial charge < -0.3 is 5.11 Å². The third kappa shape index (κ3) is 3.69. The molecule has 0 atom stereocenters. The fourth-order valence-corrected chi connectivity index (χ4v) is 2.94. The zero-order valence-electron chi connectivity index (χ0n) is 16.0. The van der Waals surface area contributed by atoms with Crippen LogP contribution in [0.25, 0.3) is 0 Å². The van der Waals surface area contributed by atoms with Crippen LogP contribution in [0.3, 0.4) is 0 Å². The number of nitriles is 1. The van der Waals surface area contributed by atoms with Gasteiger partial charge in [-0.15, -0.1) is 0 Å². The Morgan fingerprint density at radius 2 is 2.07 bits per heavy atom. The highest BCUT2D eigenvalue weighted by atomic mass is 16.3. The summed E-state index contributed by atoms with van der Waals surface area (Å²) in [4.78, 5) is 21.2. The Labute approximate surface area is 163 Å². The van der Waals surface area contributed by atoms with Crippen molar-refractivity contribution in [2.75, 3.05) is 0 Å². The van der Waals surface area contributed by atoms with E-state index in [1.807, 2.05) is 38.1 Å². The van der Waals surface area contributed by atoms with Crippen molar-refractivity contribution >= 4 is 11.9 Å². The van der Waals surface area contributed by atoms with Crippen molar-refractivity contribution in [2.24, 2.45) is 4.99 Å². The predicted octanol–water partition coefficient (Wildman–Crippen LogP) is 3.54. The predicted molar refractivity (Wildman–Crippen MR) is 108 cm³/mol. The number of pyridine rings is 2. The van der Waals surface area contributed by atoms with E-state index in [1.165, 1.54) is 10.8 Å². The topological polar surface area (TPSA) is 91.3 Å². The van der Waals surface area contributed by atoms with E-state index in [1.54, 1.807) is 31.5 Å². The van der Waals surface area contributed by atoms with Crippen molar-refractivity contribution in [3.63, 3.8) is 0 Å². The minimum Gasteiger partial charge on any atom is -0.494 e. The number of aryl methyl sites for hydroxylation is 2. The minimum atomic E-state index is -0.537. The van der Waals surface area contributed by atoms with Crippen LogP contribution in [0.15, 0.2) is 52.5 Å².